The van der Waals surface area contributed by atoms with Gasteiger partial charge in [-0.3, -0.25) is 9.59 Å². The smallest absolute Gasteiger partial charge is 0.335 e. The third-order valence-electron chi connectivity index (χ3n) is 2.60. The first-order chi connectivity index (χ1) is 9.62. The summed E-state index contributed by atoms with van der Waals surface area (Å²) in [6.07, 6.45) is -4.57. The molecule has 0 aliphatic rings. The van der Waals surface area contributed by atoms with Gasteiger partial charge in [0.15, 0.2) is 0 Å². The lowest BCUT2D eigenvalue weighted by Gasteiger charge is -2.19. The summed E-state index contributed by atoms with van der Waals surface area (Å²) in [4.78, 5) is 24.2. The van der Waals surface area contributed by atoms with Gasteiger partial charge >= 0.3 is 6.18 Å². The number of amides is 2. The second kappa shape index (κ2) is 6.80. The zero-order valence-electron chi connectivity index (χ0n) is 11.4. The van der Waals surface area contributed by atoms with Gasteiger partial charge in [0.05, 0.1) is 17.8 Å². The number of carbonyl (C=O) groups excluding carboxylic acids is 2. The van der Waals surface area contributed by atoms with Gasteiger partial charge in [0.25, 0.3) is 0 Å². The van der Waals surface area contributed by atoms with Crippen LogP contribution in [-0.2, 0) is 15.8 Å². The summed E-state index contributed by atoms with van der Waals surface area (Å²) in [6.45, 7) is 1.05. The molecule has 0 saturated carbocycles. The zero-order chi connectivity index (χ0) is 16.2. The van der Waals surface area contributed by atoms with E-state index in [0.717, 1.165) is 17.0 Å². The van der Waals surface area contributed by atoms with Crippen LogP contribution in [0.15, 0.2) is 24.3 Å². The molecule has 0 bridgehead atoms. The molecule has 0 heterocycles. The number of nitrogens with one attached hydrogen (secondary N) is 1. The summed E-state index contributed by atoms with van der Waals surface area (Å²) in [5.41, 5.74) is -1.30. The van der Waals surface area contributed by atoms with Gasteiger partial charge in [0.2, 0.25) is 11.8 Å². The SMILES string of the molecule is C[C@@H](Cl)C(=O)N(C)CC(=O)Nc1ccccc1C(F)(F)F. The Morgan fingerprint density at radius 1 is 1.33 bits per heavy atom. The molecule has 1 atom stereocenters. The van der Waals surface area contributed by atoms with Crippen molar-refractivity contribution in [1.82, 2.24) is 4.90 Å². The van der Waals surface area contributed by atoms with Crippen LogP contribution in [0.5, 0.6) is 0 Å². The second-order valence-corrected chi connectivity index (χ2v) is 5.06. The summed E-state index contributed by atoms with van der Waals surface area (Å²) < 4.78 is 38.3. The Kier molecular flexibility index (Phi) is 5.60. The molecular weight excluding hydrogens is 309 g/mol. The molecule has 4 nitrogen and oxygen atoms in total. The molecule has 0 radical (unpaired) electrons. The topological polar surface area (TPSA) is 49.4 Å². The van der Waals surface area contributed by atoms with Crippen LogP contribution in [-0.4, -0.2) is 35.7 Å². The number of alkyl halides is 4. The van der Waals surface area contributed by atoms with E-state index in [4.69, 9.17) is 11.6 Å². The van der Waals surface area contributed by atoms with Gasteiger partial charge in [-0.2, -0.15) is 13.2 Å². The number of rotatable bonds is 4. The van der Waals surface area contributed by atoms with E-state index in [0.29, 0.717) is 0 Å². The lowest BCUT2D eigenvalue weighted by molar-refractivity contribution is -0.137. The van der Waals surface area contributed by atoms with Gasteiger partial charge in [0.1, 0.15) is 5.38 Å². The Morgan fingerprint density at radius 2 is 1.90 bits per heavy atom. The minimum Gasteiger partial charge on any atom is -0.335 e. The van der Waals surface area contributed by atoms with Crippen molar-refractivity contribution < 1.29 is 22.8 Å². The van der Waals surface area contributed by atoms with E-state index in [-0.39, 0.29) is 12.2 Å². The van der Waals surface area contributed by atoms with E-state index in [9.17, 15) is 22.8 Å². The Bertz CT molecular complexity index is 532. The van der Waals surface area contributed by atoms with Crippen molar-refractivity contribution in [2.75, 3.05) is 18.9 Å². The van der Waals surface area contributed by atoms with Crippen molar-refractivity contribution in [3.8, 4) is 0 Å². The number of hydrogen-bond donors (Lipinski definition) is 1. The quantitative estimate of drug-likeness (QED) is 0.867. The molecule has 0 aliphatic heterocycles. The van der Waals surface area contributed by atoms with Crippen molar-refractivity contribution in [2.24, 2.45) is 0 Å². The number of hydrogen-bond acceptors (Lipinski definition) is 2. The van der Waals surface area contributed by atoms with Gasteiger partial charge in [0, 0.05) is 7.05 Å². The van der Waals surface area contributed by atoms with E-state index in [2.05, 4.69) is 5.32 Å². The number of carbonyl (C=O) groups is 2. The van der Waals surface area contributed by atoms with E-state index in [1.54, 1.807) is 0 Å². The standard InChI is InChI=1S/C13H14ClF3N2O2/c1-8(14)12(21)19(2)7-11(20)18-10-6-4-3-5-9(10)13(15,16)17/h3-6,8H,7H2,1-2H3,(H,18,20)/t8-/m1/s1. The molecule has 116 valence electrons. The molecule has 2 amide bonds. The predicted octanol–water partition coefficient (Wildman–Crippen LogP) is 2.73. The molecule has 0 aromatic heterocycles. The van der Waals surface area contributed by atoms with Crippen molar-refractivity contribution in [3.05, 3.63) is 29.8 Å². The van der Waals surface area contributed by atoms with E-state index in [1.807, 2.05) is 0 Å². The van der Waals surface area contributed by atoms with Gasteiger partial charge in [-0.1, -0.05) is 12.1 Å². The van der Waals surface area contributed by atoms with Crippen LogP contribution in [0.25, 0.3) is 0 Å². The fourth-order valence-electron chi connectivity index (χ4n) is 1.63. The number of halogens is 4. The van der Waals surface area contributed by atoms with Crippen molar-refractivity contribution in [3.63, 3.8) is 0 Å². The summed E-state index contributed by atoms with van der Waals surface area (Å²) in [5.74, 6) is -1.23. The maximum Gasteiger partial charge on any atom is 0.418 e. The van der Waals surface area contributed by atoms with Gasteiger partial charge in [-0.15, -0.1) is 11.6 Å². The maximum atomic E-state index is 12.8. The summed E-state index contributed by atoms with van der Waals surface area (Å²) in [5, 5.41) is 1.33. The Morgan fingerprint density at radius 3 is 2.43 bits per heavy atom. The van der Waals surface area contributed by atoms with Crippen LogP contribution in [0.1, 0.15) is 12.5 Å². The summed E-state index contributed by atoms with van der Waals surface area (Å²) in [7, 11) is 1.34. The summed E-state index contributed by atoms with van der Waals surface area (Å²) in [6, 6.07) is 4.61. The molecule has 8 heteroatoms. The molecule has 0 aliphatic carbocycles. The molecule has 1 aromatic rings. The molecule has 1 aromatic carbocycles. The number of benzene rings is 1. The lowest BCUT2D eigenvalue weighted by atomic mass is 10.1. The van der Waals surface area contributed by atoms with Crippen LogP contribution in [0.4, 0.5) is 18.9 Å². The molecule has 21 heavy (non-hydrogen) atoms. The average Bonchev–Trinajstić information content (AvgIpc) is 2.36. The van der Waals surface area contributed by atoms with Gasteiger partial charge in [-0.25, -0.2) is 0 Å². The number of nitrogens with zero attached hydrogens (tertiary/aromatic N) is 1. The first-order valence-electron chi connectivity index (χ1n) is 5.98. The van der Waals surface area contributed by atoms with Crippen molar-refractivity contribution in [1.29, 1.82) is 0 Å². The second-order valence-electron chi connectivity index (χ2n) is 4.40. The minimum atomic E-state index is -4.57. The van der Waals surface area contributed by atoms with E-state index >= 15 is 0 Å². The normalized spacial score (nSPS) is 12.7. The molecule has 0 saturated heterocycles. The van der Waals surface area contributed by atoms with Crippen LogP contribution in [0.2, 0.25) is 0 Å². The number of para-hydroxylation sites is 1. The number of likely N-dealkylation sites (N-methyl/N-ethyl adjacent to an activating group) is 1. The lowest BCUT2D eigenvalue weighted by Crippen LogP contribution is -2.38. The van der Waals surface area contributed by atoms with Crippen LogP contribution >= 0.6 is 11.6 Å². The minimum absolute atomic E-state index is 0.352. The largest absolute Gasteiger partial charge is 0.418 e. The first-order valence-corrected chi connectivity index (χ1v) is 6.41. The highest BCUT2D eigenvalue weighted by atomic mass is 35.5. The highest BCUT2D eigenvalue weighted by molar-refractivity contribution is 6.30. The van der Waals surface area contributed by atoms with Gasteiger partial charge in [-0.05, 0) is 19.1 Å². The average molecular weight is 323 g/mol. The molecule has 0 fully saturated rings. The Labute approximate surface area is 124 Å². The molecule has 1 N–H and O–H groups in total. The molecule has 1 rings (SSSR count). The van der Waals surface area contributed by atoms with Crippen LogP contribution in [0, 0.1) is 0 Å². The van der Waals surface area contributed by atoms with E-state index in [1.165, 1.54) is 26.1 Å². The third-order valence-corrected chi connectivity index (χ3v) is 2.79. The fourth-order valence-corrected chi connectivity index (χ4v) is 1.79. The molecule has 0 spiro atoms. The Hall–Kier alpha value is -1.76. The predicted molar refractivity (Wildman–Crippen MR) is 73.0 cm³/mol. The molecular formula is C13H14ClF3N2O2. The van der Waals surface area contributed by atoms with Crippen molar-refractivity contribution >= 4 is 29.1 Å². The maximum absolute atomic E-state index is 12.8. The van der Waals surface area contributed by atoms with Crippen molar-refractivity contribution in [2.45, 2.75) is 18.5 Å². The third kappa shape index (κ3) is 4.93. The first kappa shape index (κ1) is 17.3. The monoisotopic (exact) mass is 322 g/mol. The molecule has 0 unspecified atom stereocenters. The van der Waals surface area contributed by atoms with Crippen LogP contribution in [0.3, 0.4) is 0 Å². The fraction of sp³-hybridized carbons (Fsp3) is 0.385. The zero-order valence-corrected chi connectivity index (χ0v) is 12.1. The van der Waals surface area contributed by atoms with Crippen LogP contribution < -0.4 is 5.32 Å². The number of anilines is 1. The Balaban J connectivity index is 2.79. The van der Waals surface area contributed by atoms with Gasteiger partial charge < -0.3 is 10.2 Å². The highest BCUT2D eigenvalue weighted by Crippen LogP contribution is 2.34. The van der Waals surface area contributed by atoms with E-state index < -0.39 is 28.9 Å². The summed E-state index contributed by atoms with van der Waals surface area (Å²) >= 11 is 5.58. The highest BCUT2D eigenvalue weighted by Gasteiger charge is 2.33.